The van der Waals surface area contributed by atoms with Gasteiger partial charge in [-0.1, -0.05) is 11.6 Å². The van der Waals surface area contributed by atoms with Crippen LogP contribution >= 0.6 is 11.6 Å². The van der Waals surface area contributed by atoms with Gasteiger partial charge >= 0.3 is 0 Å². The Morgan fingerprint density at radius 1 is 1.30 bits per heavy atom. The van der Waals surface area contributed by atoms with E-state index in [-0.39, 0.29) is 5.50 Å². The molecule has 3 heteroatoms. The number of hydrogen-bond donors (Lipinski definition) is 0. The summed E-state index contributed by atoms with van der Waals surface area (Å²) < 4.78 is 0. The van der Waals surface area contributed by atoms with Gasteiger partial charge in [0.2, 0.25) is 0 Å². The van der Waals surface area contributed by atoms with Crippen LogP contribution in [0.2, 0.25) is 0 Å². The van der Waals surface area contributed by atoms with Crippen molar-refractivity contribution in [2.75, 3.05) is 0 Å². The molecule has 1 atom stereocenters. The highest BCUT2D eigenvalue weighted by atomic mass is 35.5. The van der Waals surface area contributed by atoms with E-state index in [9.17, 15) is 0 Å². The van der Waals surface area contributed by atoms with E-state index in [4.69, 9.17) is 11.6 Å². The van der Waals surface area contributed by atoms with Crippen molar-refractivity contribution in [3.8, 4) is 0 Å². The summed E-state index contributed by atoms with van der Waals surface area (Å²) in [5, 5.41) is 7.91. The van der Waals surface area contributed by atoms with Crippen LogP contribution in [0.25, 0.3) is 0 Å². The first-order chi connectivity index (χ1) is 4.88. The Labute approximate surface area is 65.0 Å². The van der Waals surface area contributed by atoms with Crippen molar-refractivity contribution in [3.05, 3.63) is 11.3 Å². The third kappa shape index (κ3) is 0.870. The van der Waals surface area contributed by atoms with Crippen molar-refractivity contribution in [2.45, 2.75) is 31.2 Å². The Hall–Kier alpha value is -0.370. The van der Waals surface area contributed by atoms with Crippen molar-refractivity contribution in [1.82, 2.24) is 0 Å². The molecular formula is C7H9ClN2. The minimum absolute atomic E-state index is 0.129. The van der Waals surface area contributed by atoms with Crippen LogP contribution in [0.5, 0.6) is 0 Å². The van der Waals surface area contributed by atoms with Crippen LogP contribution in [0.1, 0.15) is 25.7 Å². The molecule has 0 radical (unpaired) electrons. The molecule has 0 N–H and O–H groups in total. The summed E-state index contributed by atoms with van der Waals surface area (Å²) in [6.07, 6.45) is 4.70. The lowest BCUT2D eigenvalue weighted by Gasteiger charge is -2.11. The summed E-state index contributed by atoms with van der Waals surface area (Å²) in [5.74, 6) is 0. The zero-order chi connectivity index (χ0) is 6.97. The van der Waals surface area contributed by atoms with E-state index < -0.39 is 0 Å². The van der Waals surface area contributed by atoms with Crippen LogP contribution in [0.15, 0.2) is 21.5 Å². The molecule has 2 nitrogen and oxygen atoms in total. The fourth-order valence-corrected chi connectivity index (χ4v) is 1.75. The van der Waals surface area contributed by atoms with Gasteiger partial charge in [-0.2, -0.15) is 10.2 Å². The average Bonchev–Trinajstić information content (AvgIpc) is 2.34. The zero-order valence-electron chi connectivity index (χ0n) is 5.68. The first-order valence-electron chi connectivity index (χ1n) is 3.65. The Morgan fingerprint density at radius 3 is 2.90 bits per heavy atom. The second kappa shape index (κ2) is 2.35. The molecule has 0 aromatic heterocycles. The van der Waals surface area contributed by atoms with E-state index in [1.165, 1.54) is 18.4 Å². The maximum absolute atomic E-state index is 5.87. The van der Waals surface area contributed by atoms with Gasteiger partial charge in [-0.05, 0) is 31.3 Å². The molecule has 10 heavy (non-hydrogen) atoms. The summed E-state index contributed by atoms with van der Waals surface area (Å²) in [4.78, 5) is 0. The number of azo groups is 1. The number of rotatable bonds is 0. The lowest BCUT2D eigenvalue weighted by atomic mass is 9.97. The van der Waals surface area contributed by atoms with E-state index >= 15 is 0 Å². The molecule has 2 rings (SSSR count). The molecule has 2 aliphatic rings. The maximum atomic E-state index is 5.87. The lowest BCUT2D eigenvalue weighted by molar-refractivity contribution is 0.670. The van der Waals surface area contributed by atoms with Crippen LogP contribution in [-0.2, 0) is 0 Å². The summed E-state index contributed by atoms with van der Waals surface area (Å²) in [6, 6.07) is 0. The Balaban J connectivity index is 2.27. The molecule has 0 aromatic rings. The molecule has 0 spiro atoms. The van der Waals surface area contributed by atoms with Crippen molar-refractivity contribution >= 4 is 11.6 Å². The van der Waals surface area contributed by atoms with Crippen LogP contribution in [-0.4, -0.2) is 5.50 Å². The number of allylic oxidation sites excluding steroid dienone is 1. The van der Waals surface area contributed by atoms with Gasteiger partial charge in [-0.25, -0.2) is 0 Å². The molecule has 1 aliphatic heterocycles. The highest BCUT2D eigenvalue weighted by Gasteiger charge is 2.23. The molecule has 0 bridgehead atoms. The molecule has 54 valence electrons. The molecule has 0 saturated heterocycles. The lowest BCUT2D eigenvalue weighted by Crippen LogP contribution is -2.01. The van der Waals surface area contributed by atoms with Crippen LogP contribution in [0.4, 0.5) is 0 Å². The molecule has 0 aromatic carbocycles. The Morgan fingerprint density at radius 2 is 2.10 bits per heavy atom. The molecule has 1 aliphatic carbocycles. The minimum atomic E-state index is -0.129. The molecular weight excluding hydrogens is 148 g/mol. The van der Waals surface area contributed by atoms with Gasteiger partial charge in [0.25, 0.3) is 0 Å². The average molecular weight is 157 g/mol. The summed E-state index contributed by atoms with van der Waals surface area (Å²) in [5.41, 5.74) is 2.30. The number of alkyl halides is 1. The van der Waals surface area contributed by atoms with Crippen LogP contribution in [0, 0.1) is 0 Å². The van der Waals surface area contributed by atoms with Crippen molar-refractivity contribution in [1.29, 1.82) is 0 Å². The van der Waals surface area contributed by atoms with Gasteiger partial charge in [-0.3, -0.25) is 0 Å². The SMILES string of the molecule is ClC1N=NC2=C1CCCC2. The third-order valence-electron chi connectivity index (χ3n) is 2.05. The van der Waals surface area contributed by atoms with Crippen molar-refractivity contribution < 1.29 is 0 Å². The molecule has 1 unspecified atom stereocenters. The van der Waals surface area contributed by atoms with E-state index in [0.717, 1.165) is 18.5 Å². The largest absolute Gasteiger partial charge is 0.168 e. The quantitative estimate of drug-likeness (QED) is 0.381. The fourth-order valence-electron chi connectivity index (χ4n) is 1.47. The minimum Gasteiger partial charge on any atom is -0.165 e. The number of hydrogen-bond acceptors (Lipinski definition) is 2. The van der Waals surface area contributed by atoms with Gasteiger partial charge < -0.3 is 0 Å². The van der Waals surface area contributed by atoms with Gasteiger partial charge in [0.05, 0.1) is 5.70 Å². The second-order valence-corrected chi connectivity index (χ2v) is 3.14. The standard InChI is InChI=1S/C7H9ClN2/c8-7-5-3-1-2-4-6(5)9-10-7/h7H,1-4H2. The van der Waals surface area contributed by atoms with E-state index in [0.29, 0.717) is 0 Å². The van der Waals surface area contributed by atoms with E-state index in [1.807, 2.05) is 0 Å². The molecule has 0 fully saturated rings. The predicted octanol–water partition coefficient (Wildman–Crippen LogP) is 2.85. The highest BCUT2D eigenvalue weighted by molar-refractivity contribution is 6.22. The van der Waals surface area contributed by atoms with E-state index in [2.05, 4.69) is 10.2 Å². The number of nitrogens with zero attached hydrogens (tertiary/aromatic N) is 2. The molecule has 0 amide bonds. The molecule has 1 heterocycles. The van der Waals surface area contributed by atoms with Gasteiger partial charge in [0.1, 0.15) is 0 Å². The molecule has 0 saturated carbocycles. The fraction of sp³-hybridized carbons (Fsp3) is 0.714. The highest BCUT2D eigenvalue weighted by Crippen LogP contribution is 2.35. The van der Waals surface area contributed by atoms with Crippen LogP contribution < -0.4 is 0 Å². The second-order valence-electron chi connectivity index (χ2n) is 2.73. The van der Waals surface area contributed by atoms with E-state index in [1.54, 1.807) is 0 Å². The monoisotopic (exact) mass is 156 g/mol. The normalized spacial score (nSPS) is 31.1. The topological polar surface area (TPSA) is 24.7 Å². The first kappa shape index (κ1) is 6.35. The van der Waals surface area contributed by atoms with Crippen LogP contribution in [0.3, 0.4) is 0 Å². The van der Waals surface area contributed by atoms with Gasteiger partial charge in [0, 0.05) is 0 Å². The predicted molar refractivity (Wildman–Crippen MR) is 40.0 cm³/mol. The number of halogens is 1. The first-order valence-corrected chi connectivity index (χ1v) is 4.08. The third-order valence-corrected chi connectivity index (χ3v) is 2.40. The summed E-state index contributed by atoms with van der Waals surface area (Å²) in [7, 11) is 0. The zero-order valence-corrected chi connectivity index (χ0v) is 6.43. The summed E-state index contributed by atoms with van der Waals surface area (Å²) in [6.45, 7) is 0. The summed E-state index contributed by atoms with van der Waals surface area (Å²) >= 11 is 5.87. The van der Waals surface area contributed by atoms with Gasteiger partial charge in [0.15, 0.2) is 5.50 Å². The Kier molecular flexibility index (Phi) is 1.49. The smallest absolute Gasteiger partial charge is 0.165 e. The Bertz CT molecular complexity index is 208. The van der Waals surface area contributed by atoms with Crippen molar-refractivity contribution in [3.63, 3.8) is 0 Å². The van der Waals surface area contributed by atoms with Gasteiger partial charge in [-0.15, -0.1) is 0 Å². The van der Waals surface area contributed by atoms with Crippen molar-refractivity contribution in [2.24, 2.45) is 10.2 Å². The maximum Gasteiger partial charge on any atom is 0.168 e.